The first-order valence-electron chi connectivity index (χ1n) is 6.38. The molecule has 1 amide bonds. The van der Waals surface area contributed by atoms with Gasteiger partial charge in [0.15, 0.2) is 0 Å². The van der Waals surface area contributed by atoms with E-state index in [1.54, 1.807) is 0 Å². The number of hydrogen-bond donors (Lipinski definition) is 2. The number of rotatable bonds is 3. The van der Waals surface area contributed by atoms with Crippen molar-refractivity contribution in [3.63, 3.8) is 0 Å². The Balaban J connectivity index is 1.97. The van der Waals surface area contributed by atoms with Gasteiger partial charge >= 0.3 is 0 Å². The molecule has 0 aromatic heterocycles. The lowest BCUT2D eigenvalue weighted by atomic mass is 10.0. The maximum atomic E-state index is 12.1. The van der Waals surface area contributed by atoms with E-state index in [0.717, 1.165) is 24.8 Å². The van der Waals surface area contributed by atoms with E-state index >= 15 is 0 Å². The molecule has 3 nitrogen and oxygen atoms in total. The highest BCUT2D eigenvalue weighted by Crippen LogP contribution is 2.26. The zero-order valence-corrected chi connectivity index (χ0v) is 11.3. The molecule has 3 atom stereocenters. The van der Waals surface area contributed by atoms with Gasteiger partial charge in [0.25, 0.3) is 0 Å². The average Bonchev–Trinajstić information content (AvgIpc) is 2.76. The Kier molecular flexibility index (Phi) is 4.25. The largest absolute Gasteiger partial charge is 0.349 e. The Morgan fingerprint density at radius 2 is 2.17 bits per heavy atom. The predicted molar refractivity (Wildman–Crippen MR) is 73.3 cm³/mol. The van der Waals surface area contributed by atoms with Gasteiger partial charge in [0.05, 0.1) is 6.04 Å². The molecule has 18 heavy (non-hydrogen) atoms. The van der Waals surface area contributed by atoms with Gasteiger partial charge in [-0.05, 0) is 37.8 Å². The van der Waals surface area contributed by atoms with Crippen molar-refractivity contribution in [2.75, 3.05) is 0 Å². The van der Waals surface area contributed by atoms with Crippen molar-refractivity contribution in [3.05, 3.63) is 34.9 Å². The molecule has 4 heteroatoms. The van der Waals surface area contributed by atoms with Crippen molar-refractivity contribution >= 4 is 17.5 Å². The van der Waals surface area contributed by atoms with Crippen LogP contribution >= 0.6 is 11.6 Å². The summed E-state index contributed by atoms with van der Waals surface area (Å²) in [5, 5.41) is 3.71. The maximum absolute atomic E-state index is 12.1. The summed E-state index contributed by atoms with van der Waals surface area (Å²) in [7, 11) is 0. The third kappa shape index (κ3) is 3.03. The van der Waals surface area contributed by atoms with Gasteiger partial charge in [-0.2, -0.15) is 0 Å². The molecule has 1 aliphatic carbocycles. The van der Waals surface area contributed by atoms with Crippen LogP contribution in [0.15, 0.2) is 24.3 Å². The summed E-state index contributed by atoms with van der Waals surface area (Å²) in [6.45, 7) is 1.95. The minimum atomic E-state index is -0.0666. The molecule has 0 aliphatic heterocycles. The van der Waals surface area contributed by atoms with E-state index in [0.29, 0.717) is 5.02 Å². The standard InChI is InChI=1S/C14H19ClN2O/c1-9(12-4-2-3-5-13(12)15)17-14(18)10-6-7-11(16)8-10/h2-5,9-11H,6-8,16H2,1H3,(H,17,18)/t9-,10?,11?/m0/s1. The molecule has 0 radical (unpaired) electrons. The van der Waals surface area contributed by atoms with E-state index in [-0.39, 0.29) is 23.9 Å². The van der Waals surface area contributed by atoms with E-state index in [1.807, 2.05) is 31.2 Å². The van der Waals surface area contributed by atoms with E-state index in [4.69, 9.17) is 17.3 Å². The van der Waals surface area contributed by atoms with Gasteiger partial charge in [-0.25, -0.2) is 0 Å². The van der Waals surface area contributed by atoms with Gasteiger partial charge < -0.3 is 11.1 Å². The summed E-state index contributed by atoms with van der Waals surface area (Å²) in [4.78, 5) is 12.1. The number of nitrogens with two attached hydrogens (primary N) is 1. The van der Waals surface area contributed by atoms with Crippen molar-refractivity contribution in [1.82, 2.24) is 5.32 Å². The monoisotopic (exact) mass is 266 g/mol. The molecular formula is C14H19ClN2O. The molecule has 1 aromatic carbocycles. The summed E-state index contributed by atoms with van der Waals surface area (Å²) in [5.74, 6) is 0.153. The van der Waals surface area contributed by atoms with Crippen LogP contribution < -0.4 is 11.1 Å². The minimum absolute atomic E-state index is 0.0601. The fraction of sp³-hybridized carbons (Fsp3) is 0.500. The molecule has 1 fully saturated rings. The van der Waals surface area contributed by atoms with E-state index in [9.17, 15) is 4.79 Å². The molecule has 1 aromatic rings. The van der Waals surface area contributed by atoms with Crippen LogP contribution in [0.4, 0.5) is 0 Å². The Bertz CT molecular complexity index is 436. The Morgan fingerprint density at radius 1 is 1.44 bits per heavy atom. The van der Waals surface area contributed by atoms with Crippen LogP contribution in [-0.4, -0.2) is 11.9 Å². The highest BCUT2D eigenvalue weighted by atomic mass is 35.5. The molecule has 0 saturated heterocycles. The molecule has 1 saturated carbocycles. The molecule has 3 N–H and O–H groups in total. The molecule has 98 valence electrons. The zero-order valence-electron chi connectivity index (χ0n) is 10.5. The molecular weight excluding hydrogens is 248 g/mol. The van der Waals surface area contributed by atoms with E-state index in [1.165, 1.54) is 0 Å². The second-order valence-corrected chi connectivity index (χ2v) is 5.43. The fourth-order valence-corrected chi connectivity index (χ4v) is 2.79. The molecule has 0 spiro atoms. The number of carbonyl (C=O) groups is 1. The Labute approximate surface area is 113 Å². The average molecular weight is 267 g/mol. The lowest BCUT2D eigenvalue weighted by molar-refractivity contribution is -0.125. The van der Waals surface area contributed by atoms with Crippen LogP contribution in [0.1, 0.15) is 37.8 Å². The van der Waals surface area contributed by atoms with Crippen LogP contribution in [0.25, 0.3) is 0 Å². The highest BCUT2D eigenvalue weighted by molar-refractivity contribution is 6.31. The van der Waals surface area contributed by atoms with Crippen LogP contribution in [0.5, 0.6) is 0 Å². The molecule has 2 rings (SSSR count). The minimum Gasteiger partial charge on any atom is -0.349 e. The topological polar surface area (TPSA) is 55.1 Å². The van der Waals surface area contributed by atoms with Gasteiger partial charge in [-0.3, -0.25) is 4.79 Å². The smallest absolute Gasteiger partial charge is 0.223 e. The van der Waals surface area contributed by atoms with Crippen LogP contribution in [0, 0.1) is 5.92 Å². The predicted octanol–water partition coefficient (Wildman–Crippen LogP) is 2.64. The maximum Gasteiger partial charge on any atom is 0.223 e. The Morgan fingerprint density at radius 3 is 2.78 bits per heavy atom. The first-order valence-corrected chi connectivity index (χ1v) is 6.76. The molecule has 2 unspecified atom stereocenters. The lowest BCUT2D eigenvalue weighted by Gasteiger charge is -2.18. The molecule has 0 bridgehead atoms. The summed E-state index contributed by atoms with van der Waals surface area (Å²) in [5.41, 5.74) is 6.78. The summed E-state index contributed by atoms with van der Waals surface area (Å²) < 4.78 is 0. The van der Waals surface area contributed by atoms with Gasteiger partial charge in [0.1, 0.15) is 0 Å². The van der Waals surface area contributed by atoms with Crippen LogP contribution in [0.3, 0.4) is 0 Å². The van der Waals surface area contributed by atoms with Gasteiger partial charge in [-0.1, -0.05) is 29.8 Å². The molecule has 0 heterocycles. The summed E-state index contributed by atoms with van der Waals surface area (Å²) >= 11 is 6.11. The second-order valence-electron chi connectivity index (χ2n) is 5.02. The number of amides is 1. The number of benzene rings is 1. The van der Waals surface area contributed by atoms with Crippen molar-refractivity contribution in [3.8, 4) is 0 Å². The number of carbonyl (C=O) groups excluding carboxylic acids is 1. The number of nitrogens with one attached hydrogen (secondary N) is 1. The van der Waals surface area contributed by atoms with Crippen molar-refractivity contribution in [2.45, 2.75) is 38.3 Å². The Hall–Kier alpha value is -1.06. The third-order valence-corrected chi connectivity index (χ3v) is 3.92. The quantitative estimate of drug-likeness (QED) is 0.884. The normalized spacial score (nSPS) is 24.8. The van der Waals surface area contributed by atoms with E-state index in [2.05, 4.69) is 5.32 Å². The van der Waals surface area contributed by atoms with Gasteiger partial charge in [-0.15, -0.1) is 0 Å². The number of hydrogen-bond acceptors (Lipinski definition) is 2. The number of halogens is 1. The first-order chi connectivity index (χ1) is 8.58. The first kappa shape index (κ1) is 13.4. The van der Waals surface area contributed by atoms with Gasteiger partial charge in [0.2, 0.25) is 5.91 Å². The summed E-state index contributed by atoms with van der Waals surface area (Å²) in [6.07, 6.45) is 2.63. The highest BCUT2D eigenvalue weighted by Gasteiger charge is 2.28. The van der Waals surface area contributed by atoms with Crippen molar-refractivity contribution in [1.29, 1.82) is 0 Å². The van der Waals surface area contributed by atoms with Crippen molar-refractivity contribution < 1.29 is 4.79 Å². The van der Waals surface area contributed by atoms with Crippen LogP contribution in [0.2, 0.25) is 5.02 Å². The lowest BCUT2D eigenvalue weighted by Crippen LogP contribution is -2.32. The SMILES string of the molecule is C[C@H](NC(=O)C1CCC(N)C1)c1ccccc1Cl. The van der Waals surface area contributed by atoms with E-state index < -0.39 is 0 Å². The fourth-order valence-electron chi connectivity index (χ4n) is 2.49. The molecule has 1 aliphatic rings. The second kappa shape index (κ2) is 5.72. The summed E-state index contributed by atoms with van der Waals surface area (Å²) in [6, 6.07) is 7.70. The van der Waals surface area contributed by atoms with Crippen molar-refractivity contribution in [2.24, 2.45) is 11.7 Å². The van der Waals surface area contributed by atoms with Gasteiger partial charge in [0, 0.05) is 17.0 Å². The van der Waals surface area contributed by atoms with Crippen LogP contribution in [-0.2, 0) is 4.79 Å². The third-order valence-electron chi connectivity index (χ3n) is 3.57. The zero-order chi connectivity index (χ0) is 13.1.